The largest absolute Gasteiger partial charge is 0.308 e. The molecule has 9 heterocycles. The zero-order valence-electron chi connectivity index (χ0n) is 72.1. The molecule has 0 aliphatic heterocycles. The molecular weight excluding hydrogens is 1750 g/mol. The molecule has 0 bridgehead atoms. The van der Waals surface area contributed by atoms with Crippen LogP contribution in [-0.4, -0.2) is 13.7 Å². The van der Waals surface area contributed by atoms with Crippen LogP contribution in [0.2, 0.25) is 0 Å². The Kier molecular flexibility index (Phi) is 15.8. The standard InChI is InChI=1S/3C42H23NS2/c1-3-15-27-24(12-1)25-13-2-4-16-28(25)37-36(27)38-30-17-5-8-20-32(30)43(40(38)42-39(37)31-18-7-10-23-35(31)45-42)33-21-11-19-29-26-14-6-9-22-34(26)44-41(29)33;1-3-14-26-24(12-1)25-13-2-4-15-27(25)38-37(26)39-28-16-5-8-19-31(28)43(41(39)42-40(38)30-18-7-10-22-34(30)45-42)32-20-11-23-35-36(32)29-17-6-9-21-33(29)44-35;1-3-14-29-25(11-1)26-12-2-4-15-30(26)38-37(29)39-31-16-5-8-18-33(31)43(41(39)42-40(38)32-17-7-10-20-35(32)45-42)24-21-22-28-27-13-6-9-19-34(27)44-36(28)23-24/h3*1-23H. The molecule has 0 fully saturated rings. The Labute approximate surface area is 793 Å². The van der Waals surface area contributed by atoms with Gasteiger partial charge in [0.25, 0.3) is 0 Å². The van der Waals surface area contributed by atoms with Gasteiger partial charge in [0.05, 0.1) is 63.3 Å². The second-order valence-corrected chi connectivity index (χ2v) is 42.3. The first-order chi connectivity index (χ1) is 67.1. The van der Waals surface area contributed by atoms with Gasteiger partial charge in [-0.05, 0) is 150 Å². The second kappa shape index (κ2) is 28.4. The molecule has 0 saturated heterocycles. The van der Waals surface area contributed by atoms with Crippen molar-refractivity contribution in [3.63, 3.8) is 0 Å². The fourth-order valence-electron chi connectivity index (χ4n) is 24.0. The van der Waals surface area contributed by atoms with Crippen LogP contribution in [0.15, 0.2) is 419 Å². The highest BCUT2D eigenvalue weighted by Crippen LogP contribution is 2.58. The van der Waals surface area contributed by atoms with Gasteiger partial charge in [0.15, 0.2) is 0 Å². The molecule has 33 aromatic rings. The summed E-state index contributed by atoms with van der Waals surface area (Å²) in [5.41, 5.74) is 11.4. The third kappa shape index (κ3) is 10.3. The Bertz CT molecular complexity index is 11100. The Hall–Kier alpha value is -15.7. The zero-order valence-corrected chi connectivity index (χ0v) is 77.0. The molecule has 24 aromatic carbocycles. The summed E-state index contributed by atoms with van der Waals surface area (Å²) >= 11 is 11.5. The summed E-state index contributed by atoms with van der Waals surface area (Å²) in [6.45, 7) is 0. The van der Waals surface area contributed by atoms with E-state index >= 15 is 0 Å². The van der Waals surface area contributed by atoms with Gasteiger partial charge >= 0.3 is 0 Å². The van der Waals surface area contributed by atoms with E-state index in [4.69, 9.17) is 0 Å². The van der Waals surface area contributed by atoms with E-state index in [0.29, 0.717) is 0 Å². The summed E-state index contributed by atoms with van der Waals surface area (Å²) in [6, 6.07) is 155. The molecule has 0 spiro atoms. The van der Waals surface area contributed by atoms with Crippen LogP contribution in [0.3, 0.4) is 0 Å². The number of fused-ring (bicyclic) bond motifs is 54. The summed E-state index contributed by atoms with van der Waals surface area (Å²) < 4.78 is 23.8. The smallest absolute Gasteiger partial charge is 0.0727 e. The lowest BCUT2D eigenvalue weighted by Crippen LogP contribution is -1.95. The number of benzene rings is 24. The average Bonchev–Trinajstić information content (AvgIpc) is 1.54. The summed E-state index contributed by atoms with van der Waals surface area (Å²) in [4.78, 5) is 0. The van der Waals surface area contributed by atoms with E-state index < -0.39 is 0 Å². The highest BCUT2D eigenvalue weighted by atomic mass is 32.1. The molecule has 3 nitrogen and oxygen atoms in total. The van der Waals surface area contributed by atoms with Gasteiger partial charge in [-0.15, -0.1) is 68.0 Å². The minimum Gasteiger partial charge on any atom is -0.308 e. The Balaban J connectivity index is 0.0000000945. The molecule has 0 atom stereocenters. The lowest BCUT2D eigenvalue weighted by atomic mass is 9.89. The number of aromatic nitrogens is 3. The van der Waals surface area contributed by atoms with Crippen molar-refractivity contribution < 1.29 is 0 Å². The molecule has 33 rings (SSSR count). The normalized spacial score (nSPS) is 12.4. The number of nitrogens with zero attached hydrogens (tertiary/aromatic N) is 3. The number of rotatable bonds is 3. The topological polar surface area (TPSA) is 14.8 Å². The minimum absolute atomic E-state index is 1.21. The van der Waals surface area contributed by atoms with E-state index in [1.165, 1.54) is 300 Å². The van der Waals surface area contributed by atoms with E-state index in [1.807, 2.05) is 68.0 Å². The summed E-state index contributed by atoms with van der Waals surface area (Å²) in [7, 11) is 0. The lowest BCUT2D eigenvalue weighted by Gasteiger charge is -2.15. The van der Waals surface area contributed by atoms with Crippen LogP contribution in [0.4, 0.5) is 0 Å². The molecule has 624 valence electrons. The molecule has 0 amide bonds. The van der Waals surface area contributed by atoms with Crippen molar-refractivity contribution in [1.82, 2.24) is 13.7 Å². The fraction of sp³-hybridized carbons (Fsp3) is 0. The molecule has 0 radical (unpaired) electrons. The number of thiophene rings is 6. The molecule has 0 saturated carbocycles. The van der Waals surface area contributed by atoms with Crippen LogP contribution in [0, 0.1) is 0 Å². The molecule has 0 aliphatic rings. The van der Waals surface area contributed by atoms with Crippen LogP contribution in [0.5, 0.6) is 0 Å². The predicted molar refractivity (Wildman–Crippen MR) is 597 cm³/mol. The van der Waals surface area contributed by atoms with E-state index in [2.05, 4.69) is 432 Å². The minimum atomic E-state index is 1.21. The van der Waals surface area contributed by atoms with Gasteiger partial charge in [0.1, 0.15) is 0 Å². The van der Waals surface area contributed by atoms with Gasteiger partial charge in [-0.25, -0.2) is 0 Å². The molecule has 0 aliphatic carbocycles. The van der Waals surface area contributed by atoms with Crippen molar-refractivity contribution in [3.8, 4) is 17.1 Å². The second-order valence-electron chi connectivity index (χ2n) is 35.9. The molecule has 0 unspecified atom stereocenters. The van der Waals surface area contributed by atoms with Gasteiger partial charge in [0, 0.05) is 173 Å². The van der Waals surface area contributed by atoms with Crippen LogP contribution in [0.25, 0.3) is 300 Å². The van der Waals surface area contributed by atoms with Crippen molar-refractivity contribution in [3.05, 3.63) is 419 Å². The number of para-hydroxylation sites is 3. The van der Waals surface area contributed by atoms with Crippen molar-refractivity contribution in [1.29, 1.82) is 0 Å². The van der Waals surface area contributed by atoms with Crippen molar-refractivity contribution in [2.75, 3.05) is 0 Å². The van der Waals surface area contributed by atoms with E-state index in [-0.39, 0.29) is 0 Å². The third-order valence-corrected chi connectivity index (χ3v) is 36.2. The SMILES string of the molecule is c1ccc2c(c1)sc1c(-n3c4ccccc4c4c5c6ccccc6c6ccccc6c5c5c6ccccc6sc5c43)cccc12.c1ccc2c(c1)sc1cc(-n3c4ccccc4c4c5c6ccccc6c6ccccc6c5c5c6ccccc6sc5c43)ccc12.c1ccc2c(c1)sc1cccc(-n3c4ccccc4c4c5c6ccccc6c6ccccc6c5c5c6ccccc6sc5c43)c12. The maximum Gasteiger partial charge on any atom is 0.0727 e. The molecule has 9 aromatic heterocycles. The maximum atomic E-state index is 2.59. The van der Waals surface area contributed by atoms with Crippen molar-refractivity contribution >= 4 is 351 Å². The summed E-state index contributed by atoms with van der Waals surface area (Å²) in [5, 5.41) is 48.0. The molecule has 9 heteroatoms. The first kappa shape index (κ1) is 74.9. The predicted octanol–water partition coefficient (Wildman–Crippen LogP) is 38.9. The van der Waals surface area contributed by atoms with Gasteiger partial charge in [-0.2, -0.15) is 0 Å². The zero-order chi connectivity index (χ0) is 87.7. The first-order valence-electron chi connectivity index (χ1n) is 46.1. The Morgan fingerprint density at radius 2 is 0.370 bits per heavy atom. The van der Waals surface area contributed by atoms with Crippen molar-refractivity contribution in [2.45, 2.75) is 0 Å². The van der Waals surface area contributed by atoms with E-state index in [0.717, 1.165) is 0 Å². The van der Waals surface area contributed by atoms with Gasteiger partial charge in [0.2, 0.25) is 0 Å². The monoisotopic (exact) mass is 1820 g/mol. The van der Waals surface area contributed by atoms with Crippen LogP contribution >= 0.6 is 68.0 Å². The molecule has 0 N–H and O–H groups in total. The third-order valence-electron chi connectivity index (χ3n) is 29.2. The summed E-state index contributed by atoms with van der Waals surface area (Å²) in [6.07, 6.45) is 0. The molecular formula is C126H69N3S6. The maximum absolute atomic E-state index is 2.59. The van der Waals surface area contributed by atoms with E-state index in [9.17, 15) is 0 Å². The Morgan fingerprint density at radius 3 is 0.778 bits per heavy atom. The highest BCUT2D eigenvalue weighted by Gasteiger charge is 2.31. The number of hydrogen-bond acceptors (Lipinski definition) is 6. The Morgan fingerprint density at radius 1 is 0.126 bits per heavy atom. The molecule has 135 heavy (non-hydrogen) atoms. The van der Waals surface area contributed by atoms with Crippen LogP contribution in [-0.2, 0) is 0 Å². The van der Waals surface area contributed by atoms with Gasteiger partial charge in [-0.3, -0.25) is 0 Å². The lowest BCUT2D eigenvalue weighted by molar-refractivity contribution is 1.20. The summed E-state index contributed by atoms with van der Waals surface area (Å²) in [5.74, 6) is 0. The van der Waals surface area contributed by atoms with E-state index in [1.54, 1.807) is 0 Å². The number of hydrogen-bond donors (Lipinski definition) is 0. The van der Waals surface area contributed by atoms with Crippen LogP contribution < -0.4 is 0 Å². The van der Waals surface area contributed by atoms with Crippen LogP contribution in [0.1, 0.15) is 0 Å². The first-order valence-corrected chi connectivity index (χ1v) is 51.0. The highest BCUT2D eigenvalue weighted by molar-refractivity contribution is 7.29. The quantitative estimate of drug-likeness (QED) is 0.157. The van der Waals surface area contributed by atoms with Gasteiger partial charge < -0.3 is 13.7 Å². The average molecular weight is 1820 g/mol. The fourth-order valence-corrected chi connectivity index (χ4v) is 31.2. The van der Waals surface area contributed by atoms with Crippen molar-refractivity contribution in [2.24, 2.45) is 0 Å². The van der Waals surface area contributed by atoms with Gasteiger partial charge in [-0.1, -0.05) is 334 Å².